The molecule has 1 saturated heterocycles. The van der Waals surface area contributed by atoms with Crippen molar-refractivity contribution in [2.75, 3.05) is 11.5 Å². The van der Waals surface area contributed by atoms with Crippen LogP contribution in [-0.4, -0.2) is 28.8 Å². The second-order valence-corrected chi connectivity index (χ2v) is 9.58. The number of ether oxygens (including phenoxy) is 1. The van der Waals surface area contributed by atoms with Crippen LogP contribution in [0.25, 0.3) is 6.08 Å². The highest BCUT2D eigenvalue weighted by Crippen LogP contribution is 2.40. The lowest BCUT2D eigenvalue weighted by atomic mass is 10.2. The maximum atomic E-state index is 13.5. The lowest BCUT2D eigenvalue weighted by molar-refractivity contribution is -0.139. The number of hydrogen-bond donors (Lipinski definition) is 1. The summed E-state index contributed by atoms with van der Waals surface area (Å²) in [6, 6.07) is 22.2. The molecule has 0 bridgehead atoms. The van der Waals surface area contributed by atoms with Gasteiger partial charge in [0, 0.05) is 10.0 Å². The molecule has 166 valence electrons. The maximum Gasteiger partial charge on any atom is 0.341 e. The molecule has 9 heteroatoms. The highest BCUT2D eigenvalue weighted by Gasteiger charge is 2.35. The van der Waals surface area contributed by atoms with E-state index in [9.17, 15) is 9.59 Å². The van der Waals surface area contributed by atoms with Crippen LogP contribution in [0.15, 0.2) is 91.6 Å². The van der Waals surface area contributed by atoms with Crippen LogP contribution < -0.4 is 9.64 Å². The number of carboxylic acids is 1. The zero-order valence-corrected chi connectivity index (χ0v) is 20.9. The molecule has 33 heavy (non-hydrogen) atoms. The number of aliphatic carboxylic acids is 1. The average Bonchev–Trinajstić information content (AvgIpc) is 3.08. The molecular formula is C24H16Br2N2O4S. The monoisotopic (exact) mass is 586 g/mol. The third kappa shape index (κ3) is 5.55. The number of amides is 1. The Balaban J connectivity index is 1.78. The molecule has 0 radical (unpaired) electrons. The summed E-state index contributed by atoms with van der Waals surface area (Å²) in [5, 5.41) is 9.55. The van der Waals surface area contributed by atoms with Crippen molar-refractivity contribution < 1.29 is 19.4 Å². The first kappa shape index (κ1) is 23.3. The summed E-state index contributed by atoms with van der Waals surface area (Å²) in [6.45, 7) is -0.506. The van der Waals surface area contributed by atoms with Crippen LogP contribution in [0.3, 0.4) is 0 Å². The van der Waals surface area contributed by atoms with Crippen LogP contribution in [0.1, 0.15) is 5.56 Å². The number of hydrogen-bond acceptors (Lipinski definition) is 5. The van der Waals surface area contributed by atoms with E-state index in [-0.39, 0.29) is 5.91 Å². The number of carboxylic acid groups (broad SMARTS) is 1. The fourth-order valence-electron chi connectivity index (χ4n) is 3.08. The van der Waals surface area contributed by atoms with E-state index in [0.29, 0.717) is 31.5 Å². The number of aliphatic imine (C=N–C) groups is 1. The van der Waals surface area contributed by atoms with Crippen molar-refractivity contribution in [3.63, 3.8) is 0 Å². The summed E-state index contributed by atoms with van der Waals surface area (Å²) in [6.07, 6.45) is 1.68. The van der Waals surface area contributed by atoms with Crippen molar-refractivity contribution in [1.82, 2.24) is 0 Å². The molecule has 0 aromatic heterocycles. The number of amidine groups is 1. The molecule has 1 amide bonds. The molecule has 1 N–H and O–H groups in total. The number of rotatable bonds is 6. The Morgan fingerprint density at radius 3 is 2.39 bits per heavy atom. The van der Waals surface area contributed by atoms with Gasteiger partial charge >= 0.3 is 5.97 Å². The molecule has 4 rings (SSSR count). The number of nitrogens with zero attached hydrogens (tertiary/aromatic N) is 2. The van der Waals surface area contributed by atoms with Gasteiger partial charge in [-0.15, -0.1) is 0 Å². The van der Waals surface area contributed by atoms with Gasteiger partial charge in [0.05, 0.1) is 20.8 Å². The predicted molar refractivity (Wildman–Crippen MR) is 138 cm³/mol. The third-order valence-corrected chi connectivity index (χ3v) is 6.48. The van der Waals surface area contributed by atoms with E-state index < -0.39 is 12.6 Å². The third-order valence-electron chi connectivity index (χ3n) is 4.47. The Hall–Kier alpha value is -2.88. The van der Waals surface area contributed by atoms with Gasteiger partial charge in [0.25, 0.3) is 5.91 Å². The quantitative estimate of drug-likeness (QED) is 0.334. The smallest absolute Gasteiger partial charge is 0.341 e. The van der Waals surface area contributed by atoms with Gasteiger partial charge in [-0.2, -0.15) is 0 Å². The molecule has 0 saturated carbocycles. The van der Waals surface area contributed by atoms with Crippen LogP contribution in [0, 0.1) is 0 Å². The van der Waals surface area contributed by atoms with Crippen molar-refractivity contribution >= 4 is 78.1 Å². The van der Waals surface area contributed by atoms with Crippen LogP contribution in [-0.2, 0) is 9.59 Å². The van der Waals surface area contributed by atoms with Gasteiger partial charge in [0.15, 0.2) is 11.8 Å². The molecule has 1 aliphatic rings. The van der Waals surface area contributed by atoms with Gasteiger partial charge in [-0.05, 0) is 70.2 Å². The van der Waals surface area contributed by atoms with Gasteiger partial charge in [-0.25, -0.2) is 9.79 Å². The van der Waals surface area contributed by atoms with Crippen molar-refractivity contribution in [1.29, 1.82) is 0 Å². The summed E-state index contributed by atoms with van der Waals surface area (Å²) >= 11 is 8.09. The predicted octanol–water partition coefficient (Wildman–Crippen LogP) is 6.48. The van der Waals surface area contributed by atoms with E-state index in [4.69, 9.17) is 14.8 Å². The standard InChI is InChI=1S/C24H16Br2N2O4S/c25-16-11-15(22(19(26)13-16)32-14-21(29)30)12-20-23(31)28(18-9-5-2-6-10-18)24(33-20)27-17-7-3-1-4-8-17/h1-13H,14H2,(H,29,30)/b20-12-,27-24?. The largest absolute Gasteiger partial charge is 0.480 e. The fraction of sp³-hybridized carbons (Fsp3) is 0.0417. The van der Waals surface area contributed by atoms with Gasteiger partial charge in [-0.3, -0.25) is 9.69 Å². The van der Waals surface area contributed by atoms with Crippen molar-refractivity contribution in [3.05, 3.63) is 92.2 Å². The minimum Gasteiger partial charge on any atom is -0.480 e. The van der Waals surface area contributed by atoms with E-state index in [1.165, 1.54) is 11.8 Å². The minimum atomic E-state index is -1.10. The summed E-state index contributed by atoms with van der Waals surface area (Å²) in [7, 11) is 0. The molecule has 0 atom stereocenters. The summed E-state index contributed by atoms with van der Waals surface area (Å²) in [4.78, 5) is 31.2. The number of anilines is 1. The Bertz CT molecular complexity index is 1260. The van der Waals surface area contributed by atoms with E-state index in [1.54, 1.807) is 23.1 Å². The number of carbonyl (C=O) groups is 2. The van der Waals surface area contributed by atoms with E-state index in [1.807, 2.05) is 60.7 Å². The Morgan fingerprint density at radius 2 is 1.73 bits per heavy atom. The maximum absolute atomic E-state index is 13.5. The number of thioether (sulfide) groups is 1. The lowest BCUT2D eigenvalue weighted by Crippen LogP contribution is -2.28. The molecule has 0 spiro atoms. The summed E-state index contributed by atoms with van der Waals surface area (Å²) in [5.74, 6) is -0.996. The molecule has 1 aliphatic heterocycles. The van der Waals surface area contributed by atoms with Crippen LogP contribution >= 0.6 is 43.6 Å². The summed E-state index contributed by atoms with van der Waals surface area (Å²) < 4.78 is 6.80. The zero-order chi connectivity index (χ0) is 23.4. The first-order valence-corrected chi connectivity index (χ1v) is 12.1. The molecule has 6 nitrogen and oxygen atoms in total. The highest BCUT2D eigenvalue weighted by molar-refractivity contribution is 9.11. The SMILES string of the molecule is O=C(O)COc1c(Br)cc(Br)cc1/C=C1\SC(=Nc2ccccc2)N(c2ccccc2)C1=O. The zero-order valence-electron chi connectivity index (χ0n) is 16.9. The van der Waals surface area contributed by atoms with Gasteiger partial charge in [0.1, 0.15) is 5.75 Å². The van der Waals surface area contributed by atoms with Gasteiger partial charge < -0.3 is 9.84 Å². The average molecular weight is 588 g/mol. The normalized spacial score (nSPS) is 15.9. The Labute approximate surface area is 211 Å². The fourth-order valence-corrected chi connectivity index (χ4v) is 5.45. The number of benzene rings is 3. The molecule has 1 fully saturated rings. The van der Waals surface area contributed by atoms with Crippen LogP contribution in [0.5, 0.6) is 5.75 Å². The van der Waals surface area contributed by atoms with Gasteiger partial charge in [0.2, 0.25) is 0 Å². The number of halogens is 2. The van der Waals surface area contributed by atoms with E-state index in [0.717, 1.165) is 10.2 Å². The molecule has 1 heterocycles. The molecule has 0 aliphatic carbocycles. The van der Waals surface area contributed by atoms with Crippen LogP contribution in [0.2, 0.25) is 0 Å². The number of carbonyl (C=O) groups excluding carboxylic acids is 1. The van der Waals surface area contributed by atoms with Crippen molar-refractivity contribution in [2.45, 2.75) is 0 Å². The summed E-state index contributed by atoms with van der Waals surface area (Å²) in [5.41, 5.74) is 1.99. The van der Waals surface area contributed by atoms with Crippen molar-refractivity contribution in [2.24, 2.45) is 4.99 Å². The molecular weight excluding hydrogens is 572 g/mol. The first-order chi connectivity index (χ1) is 15.9. The Morgan fingerprint density at radius 1 is 1.06 bits per heavy atom. The van der Waals surface area contributed by atoms with Crippen LogP contribution in [0.4, 0.5) is 11.4 Å². The second-order valence-electron chi connectivity index (χ2n) is 6.81. The highest BCUT2D eigenvalue weighted by atomic mass is 79.9. The van der Waals surface area contributed by atoms with E-state index >= 15 is 0 Å². The lowest BCUT2D eigenvalue weighted by Gasteiger charge is -2.15. The van der Waals surface area contributed by atoms with E-state index in [2.05, 4.69) is 31.9 Å². The molecule has 3 aromatic rings. The Kier molecular flexibility index (Phi) is 7.32. The van der Waals surface area contributed by atoms with Gasteiger partial charge in [-0.1, -0.05) is 52.3 Å². The minimum absolute atomic E-state index is 0.235. The molecule has 0 unspecified atom stereocenters. The number of para-hydroxylation sites is 2. The first-order valence-electron chi connectivity index (χ1n) is 9.69. The topological polar surface area (TPSA) is 79.2 Å². The second kappa shape index (κ2) is 10.4. The van der Waals surface area contributed by atoms with Crippen molar-refractivity contribution in [3.8, 4) is 5.75 Å². The molecule has 3 aromatic carbocycles.